The van der Waals surface area contributed by atoms with Crippen molar-refractivity contribution in [1.82, 2.24) is 4.83 Å². The van der Waals surface area contributed by atoms with Crippen molar-refractivity contribution < 1.29 is 17.9 Å². The van der Waals surface area contributed by atoms with Crippen LogP contribution in [0.3, 0.4) is 0 Å². The van der Waals surface area contributed by atoms with Gasteiger partial charge in [-0.2, -0.15) is 13.5 Å². The van der Waals surface area contributed by atoms with Crippen LogP contribution in [0, 0.1) is 0 Å². The van der Waals surface area contributed by atoms with Crippen LogP contribution in [0.2, 0.25) is 0 Å². The van der Waals surface area contributed by atoms with Crippen molar-refractivity contribution in [2.75, 3.05) is 11.9 Å². The van der Waals surface area contributed by atoms with Crippen LogP contribution in [-0.4, -0.2) is 27.1 Å². The van der Waals surface area contributed by atoms with Crippen molar-refractivity contribution >= 4 is 27.8 Å². The van der Waals surface area contributed by atoms with Gasteiger partial charge >= 0.3 is 0 Å². The maximum atomic E-state index is 12.2. The SMILES string of the molecule is CCOc1ccccc1/C=N/NS(=O)(=O)c1ccc(NC(C)=O)cc1. The molecule has 0 aromatic heterocycles. The molecule has 132 valence electrons. The number of para-hydroxylation sites is 1. The number of ether oxygens (including phenoxy) is 1. The summed E-state index contributed by atoms with van der Waals surface area (Å²) < 4.78 is 29.9. The van der Waals surface area contributed by atoms with E-state index in [1.54, 1.807) is 18.2 Å². The average Bonchev–Trinajstić information content (AvgIpc) is 2.56. The highest BCUT2D eigenvalue weighted by atomic mass is 32.2. The van der Waals surface area contributed by atoms with Crippen LogP contribution in [0.15, 0.2) is 58.5 Å². The topological polar surface area (TPSA) is 96.9 Å². The second kappa shape index (κ2) is 8.29. The van der Waals surface area contributed by atoms with Gasteiger partial charge in [0.1, 0.15) is 5.75 Å². The Balaban J connectivity index is 2.10. The number of anilines is 1. The Bertz CT molecular complexity index is 862. The molecule has 0 aliphatic rings. The van der Waals surface area contributed by atoms with Gasteiger partial charge < -0.3 is 10.1 Å². The fraction of sp³-hybridized carbons (Fsp3) is 0.176. The average molecular weight is 361 g/mol. The molecule has 0 radical (unpaired) electrons. The van der Waals surface area contributed by atoms with E-state index in [2.05, 4.69) is 15.2 Å². The third-order valence-electron chi connectivity index (χ3n) is 3.08. The summed E-state index contributed by atoms with van der Waals surface area (Å²) >= 11 is 0. The number of sulfonamides is 1. The Morgan fingerprint density at radius 2 is 1.84 bits per heavy atom. The van der Waals surface area contributed by atoms with Crippen LogP contribution in [0.5, 0.6) is 5.75 Å². The highest BCUT2D eigenvalue weighted by Crippen LogP contribution is 2.16. The van der Waals surface area contributed by atoms with Crippen molar-refractivity contribution in [3.8, 4) is 5.75 Å². The highest BCUT2D eigenvalue weighted by molar-refractivity contribution is 7.89. The van der Waals surface area contributed by atoms with E-state index in [1.807, 2.05) is 13.0 Å². The molecule has 7 nitrogen and oxygen atoms in total. The van der Waals surface area contributed by atoms with E-state index >= 15 is 0 Å². The van der Waals surface area contributed by atoms with Crippen LogP contribution in [-0.2, 0) is 14.8 Å². The van der Waals surface area contributed by atoms with Crippen molar-refractivity contribution in [3.05, 3.63) is 54.1 Å². The molecule has 0 aliphatic carbocycles. The minimum Gasteiger partial charge on any atom is -0.493 e. The molecule has 25 heavy (non-hydrogen) atoms. The Hall–Kier alpha value is -2.87. The fourth-order valence-electron chi connectivity index (χ4n) is 2.01. The van der Waals surface area contributed by atoms with Gasteiger partial charge in [0.05, 0.1) is 17.7 Å². The van der Waals surface area contributed by atoms with Crippen LogP contribution >= 0.6 is 0 Å². The van der Waals surface area contributed by atoms with Crippen molar-refractivity contribution in [2.45, 2.75) is 18.7 Å². The highest BCUT2D eigenvalue weighted by Gasteiger charge is 2.12. The van der Waals surface area contributed by atoms with Gasteiger partial charge in [-0.25, -0.2) is 4.83 Å². The third kappa shape index (κ3) is 5.32. The molecule has 0 spiro atoms. The molecule has 0 saturated heterocycles. The van der Waals surface area contributed by atoms with Gasteiger partial charge in [-0.1, -0.05) is 12.1 Å². The van der Waals surface area contributed by atoms with E-state index in [1.165, 1.54) is 37.4 Å². The Morgan fingerprint density at radius 3 is 2.48 bits per heavy atom. The molecular weight excluding hydrogens is 342 g/mol. The molecule has 2 aromatic carbocycles. The summed E-state index contributed by atoms with van der Waals surface area (Å²) in [5, 5.41) is 6.36. The van der Waals surface area contributed by atoms with Crippen molar-refractivity contribution in [1.29, 1.82) is 0 Å². The molecule has 0 bridgehead atoms. The summed E-state index contributed by atoms with van der Waals surface area (Å²) in [7, 11) is -3.80. The molecule has 2 N–H and O–H groups in total. The molecule has 2 rings (SSSR count). The summed E-state index contributed by atoms with van der Waals surface area (Å²) in [6.07, 6.45) is 1.38. The second-order valence-corrected chi connectivity index (χ2v) is 6.69. The Labute approximate surface area is 146 Å². The Kier molecular flexibility index (Phi) is 6.13. The molecular formula is C17H19N3O4S. The molecule has 0 atom stereocenters. The lowest BCUT2D eigenvalue weighted by molar-refractivity contribution is -0.114. The third-order valence-corrected chi connectivity index (χ3v) is 4.32. The summed E-state index contributed by atoms with van der Waals surface area (Å²) in [5.41, 5.74) is 1.17. The van der Waals surface area contributed by atoms with Crippen LogP contribution in [0.25, 0.3) is 0 Å². The minimum atomic E-state index is -3.80. The van der Waals surface area contributed by atoms with Crippen LogP contribution < -0.4 is 14.9 Å². The maximum Gasteiger partial charge on any atom is 0.276 e. The molecule has 1 amide bonds. The first-order chi connectivity index (χ1) is 11.9. The number of benzene rings is 2. The number of carbonyl (C=O) groups is 1. The summed E-state index contributed by atoms with van der Waals surface area (Å²) in [6, 6.07) is 13.0. The molecule has 0 aliphatic heterocycles. The number of amides is 1. The molecule has 0 unspecified atom stereocenters. The van der Waals surface area contributed by atoms with E-state index < -0.39 is 10.0 Å². The maximum absolute atomic E-state index is 12.2. The summed E-state index contributed by atoms with van der Waals surface area (Å²) in [4.78, 5) is 13.2. The van der Waals surface area contributed by atoms with Crippen LogP contribution in [0.1, 0.15) is 19.4 Å². The number of hydrogen-bond acceptors (Lipinski definition) is 5. The Morgan fingerprint density at radius 1 is 1.16 bits per heavy atom. The fourth-order valence-corrected chi connectivity index (χ4v) is 2.80. The van der Waals surface area contributed by atoms with E-state index in [0.29, 0.717) is 23.6 Å². The molecule has 2 aromatic rings. The molecule has 8 heteroatoms. The number of nitrogens with zero attached hydrogens (tertiary/aromatic N) is 1. The predicted molar refractivity (Wildman–Crippen MR) is 96.3 cm³/mol. The zero-order valence-electron chi connectivity index (χ0n) is 13.9. The van der Waals surface area contributed by atoms with E-state index in [9.17, 15) is 13.2 Å². The normalized spacial score (nSPS) is 11.3. The van der Waals surface area contributed by atoms with Gasteiger partial charge in [-0.15, -0.1) is 0 Å². The minimum absolute atomic E-state index is 0.0387. The van der Waals surface area contributed by atoms with Crippen LogP contribution in [0.4, 0.5) is 5.69 Å². The quantitative estimate of drug-likeness (QED) is 0.584. The monoisotopic (exact) mass is 361 g/mol. The molecule has 0 heterocycles. The number of nitrogens with one attached hydrogen (secondary N) is 2. The first-order valence-electron chi connectivity index (χ1n) is 7.56. The van der Waals surface area contributed by atoms with Gasteiger partial charge in [0.15, 0.2) is 0 Å². The standard InChI is InChI=1S/C17H19N3O4S/c1-3-24-17-7-5-4-6-14(17)12-18-20-25(22,23)16-10-8-15(9-11-16)19-13(2)21/h4-12,20H,3H2,1-2H3,(H,19,21)/b18-12+. The van der Waals surface area contributed by atoms with Gasteiger partial charge in [-0.05, 0) is 43.3 Å². The summed E-state index contributed by atoms with van der Waals surface area (Å²) in [6.45, 7) is 3.74. The van der Waals surface area contributed by atoms with Gasteiger partial charge in [0.25, 0.3) is 10.0 Å². The number of hydrazone groups is 1. The van der Waals surface area contributed by atoms with E-state index in [0.717, 1.165) is 0 Å². The molecule has 0 saturated carbocycles. The first kappa shape index (κ1) is 18.5. The molecule has 0 fully saturated rings. The largest absolute Gasteiger partial charge is 0.493 e. The summed E-state index contributed by atoms with van der Waals surface area (Å²) in [5.74, 6) is 0.388. The zero-order chi connectivity index (χ0) is 18.3. The van der Waals surface area contributed by atoms with Gasteiger partial charge in [-0.3, -0.25) is 4.79 Å². The lowest BCUT2D eigenvalue weighted by Gasteiger charge is -2.07. The first-order valence-corrected chi connectivity index (χ1v) is 9.05. The predicted octanol–water partition coefficient (Wildman–Crippen LogP) is 2.36. The van der Waals surface area contributed by atoms with Gasteiger partial charge in [0.2, 0.25) is 5.91 Å². The van der Waals surface area contributed by atoms with Gasteiger partial charge in [0, 0.05) is 18.2 Å². The van der Waals surface area contributed by atoms with Crippen molar-refractivity contribution in [2.24, 2.45) is 5.10 Å². The van der Waals surface area contributed by atoms with E-state index in [-0.39, 0.29) is 10.8 Å². The second-order valence-electron chi connectivity index (χ2n) is 5.03. The number of carbonyl (C=O) groups excluding carboxylic acids is 1. The zero-order valence-corrected chi connectivity index (χ0v) is 14.7. The number of rotatable bonds is 7. The lowest BCUT2D eigenvalue weighted by Crippen LogP contribution is -2.18. The van der Waals surface area contributed by atoms with E-state index in [4.69, 9.17) is 4.74 Å². The number of hydrogen-bond donors (Lipinski definition) is 2. The smallest absolute Gasteiger partial charge is 0.276 e. The lowest BCUT2D eigenvalue weighted by atomic mass is 10.2. The van der Waals surface area contributed by atoms with Crippen molar-refractivity contribution in [3.63, 3.8) is 0 Å².